The fourth-order valence-corrected chi connectivity index (χ4v) is 8.31. The van der Waals surface area contributed by atoms with E-state index in [2.05, 4.69) is 38.1 Å². The van der Waals surface area contributed by atoms with Gasteiger partial charge in [0.15, 0.2) is 5.78 Å². The third-order valence-corrected chi connectivity index (χ3v) is 11.7. The van der Waals surface area contributed by atoms with Crippen molar-refractivity contribution in [2.45, 2.75) is 66.7 Å². The summed E-state index contributed by atoms with van der Waals surface area (Å²) < 4.78 is 11.6. The largest absolute Gasteiger partial charge is 0.491 e. The summed E-state index contributed by atoms with van der Waals surface area (Å²) in [5.41, 5.74) is 1.65. The van der Waals surface area contributed by atoms with E-state index in [0.717, 1.165) is 34.7 Å². The maximum atomic E-state index is 12.3. The first kappa shape index (κ1) is 27.1. The number of ether oxygens (including phenoxy) is 2. The fraction of sp³-hybridized carbons (Fsp3) is 0.519. The number of aryl methyl sites for hydroxylation is 2. The van der Waals surface area contributed by atoms with Gasteiger partial charge >= 0.3 is 0 Å². The standard InChI is InChI=1S/C27H40O5Si/c1-8-33(9-2,22-10-12-24(19(3)14-22)31-17-21(29)16-28)23-11-13-25(20(4)15-23)32-18-26(30)27(5,6)7/h10-15,21,28-29H,8-9,16-18H2,1-7H3/t21-/m0/s1. The highest BCUT2D eigenvalue weighted by molar-refractivity contribution is 7.02. The van der Waals surface area contributed by atoms with Gasteiger partial charge in [-0.1, -0.05) is 81.3 Å². The van der Waals surface area contributed by atoms with Crippen LogP contribution in [-0.4, -0.2) is 50.0 Å². The van der Waals surface area contributed by atoms with Crippen LogP contribution in [0.25, 0.3) is 0 Å². The Kier molecular flexibility index (Phi) is 9.29. The fourth-order valence-electron chi connectivity index (χ4n) is 4.05. The van der Waals surface area contributed by atoms with Crippen LogP contribution in [0.1, 0.15) is 45.7 Å². The van der Waals surface area contributed by atoms with E-state index in [4.69, 9.17) is 14.6 Å². The van der Waals surface area contributed by atoms with Crippen molar-refractivity contribution in [1.82, 2.24) is 0 Å². The molecule has 0 aliphatic carbocycles. The molecule has 2 aromatic rings. The Morgan fingerprint density at radius 1 is 0.939 bits per heavy atom. The van der Waals surface area contributed by atoms with Crippen LogP contribution in [0.2, 0.25) is 12.1 Å². The minimum atomic E-state index is -2.00. The highest BCUT2D eigenvalue weighted by atomic mass is 28.3. The zero-order chi connectivity index (χ0) is 24.8. The first-order chi connectivity index (χ1) is 15.5. The summed E-state index contributed by atoms with van der Waals surface area (Å²) in [6, 6.07) is 14.9. The average Bonchev–Trinajstić information content (AvgIpc) is 2.78. The number of carbonyl (C=O) groups excluding carboxylic acids is 1. The van der Waals surface area contributed by atoms with Crippen LogP contribution >= 0.6 is 0 Å². The van der Waals surface area contributed by atoms with Crippen molar-refractivity contribution in [2.75, 3.05) is 19.8 Å². The van der Waals surface area contributed by atoms with Crippen LogP contribution < -0.4 is 19.8 Å². The van der Waals surface area contributed by atoms with E-state index < -0.39 is 19.6 Å². The van der Waals surface area contributed by atoms with Gasteiger partial charge < -0.3 is 19.7 Å². The lowest BCUT2D eigenvalue weighted by Crippen LogP contribution is -2.57. The van der Waals surface area contributed by atoms with Crippen molar-refractivity contribution in [3.63, 3.8) is 0 Å². The summed E-state index contributed by atoms with van der Waals surface area (Å²) in [6.07, 6.45) is -0.883. The van der Waals surface area contributed by atoms with Crippen molar-refractivity contribution >= 4 is 24.2 Å². The molecule has 33 heavy (non-hydrogen) atoms. The van der Waals surface area contributed by atoms with Gasteiger partial charge in [-0.2, -0.15) is 0 Å². The molecule has 1 atom stereocenters. The quantitative estimate of drug-likeness (QED) is 0.489. The number of hydrogen-bond donors (Lipinski definition) is 2. The summed E-state index contributed by atoms with van der Waals surface area (Å²) in [7, 11) is -2.00. The van der Waals surface area contributed by atoms with Crippen molar-refractivity contribution < 1.29 is 24.5 Å². The minimum Gasteiger partial charge on any atom is -0.491 e. The maximum absolute atomic E-state index is 12.3. The second-order valence-corrected chi connectivity index (χ2v) is 14.6. The monoisotopic (exact) mass is 472 g/mol. The molecule has 2 aromatic carbocycles. The average molecular weight is 473 g/mol. The third-order valence-electron chi connectivity index (χ3n) is 6.50. The van der Waals surface area contributed by atoms with E-state index in [1.165, 1.54) is 10.4 Å². The molecule has 2 rings (SSSR count). The summed E-state index contributed by atoms with van der Waals surface area (Å²) in [5, 5.41) is 21.3. The van der Waals surface area contributed by atoms with Gasteiger partial charge in [0.05, 0.1) is 6.61 Å². The number of aliphatic hydroxyl groups is 2. The second kappa shape index (κ2) is 11.3. The van der Waals surface area contributed by atoms with Crippen molar-refractivity contribution in [1.29, 1.82) is 0 Å². The highest BCUT2D eigenvalue weighted by Gasteiger charge is 2.34. The molecule has 2 N–H and O–H groups in total. The maximum Gasteiger partial charge on any atom is 0.175 e. The molecule has 0 radical (unpaired) electrons. The predicted molar refractivity (Wildman–Crippen MR) is 137 cm³/mol. The molecule has 0 amide bonds. The molecule has 0 aromatic heterocycles. The minimum absolute atomic E-state index is 0.0686. The molecule has 0 bridgehead atoms. The van der Waals surface area contributed by atoms with Crippen molar-refractivity contribution in [3.8, 4) is 11.5 Å². The van der Waals surface area contributed by atoms with E-state index in [1.54, 1.807) is 0 Å². The Bertz CT molecular complexity index is 944. The molecule has 6 heteroatoms. The van der Waals surface area contributed by atoms with E-state index in [9.17, 15) is 9.90 Å². The molecule has 5 nitrogen and oxygen atoms in total. The molecule has 0 aliphatic rings. The number of rotatable bonds is 11. The summed E-state index contributed by atoms with van der Waals surface area (Å²) >= 11 is 0. The van der Waals surface area contributed by atoms with E-state index >= 15 is 0 Å². The number of aliphatic hydroxyl groups excluding tert-OH is 2. The number of hydrogen-bond acceptors (Lipinski definition) is 5. The topological polar surface area (TPSA) is 76.0 Å². The predicted octanol–water partition coefficient (Wildman–Crippen LogP) is 3.63. The van der Waals surface area contributed by atoms with Gasteiger partial charge in [-0.3, -0.25) is 4.79 Å². The first-order valence-corrected chi connectivity index (χ1v) is 14.2. The van der Waals surface area contributed by atoms with Gasteiger partial charge in [0, 0.05) is 5.41 Å². The third kappa shape index (κ3) is 6.46. The Hall–Kier alpha value is -2.15. The van der Waals surface area contributed by atoms with Gasteiger partial charge in [-0.15, -0.1) is 0 Å². The number of carbonyl (C=O) groups is 1. The van der Waals surface area contributed by atoms with Gasteiger partial charge in [-0.25, -0.2) is 0 Å². The number of ketones is 1. The normalized spacial score (nSPS) is 13.0. The lowest BCUT2D eigenvalue weighted by Gasteiger charge is -2.32. The van der Waals surface area contributed by atoms with Crippen LogP contribution in [0.3, 0.4) is 0 Å². The Morgan fingerprint density at radius 2 is 1.42 bits per heavy atom. The zero-order valence-electron chi connectivity index (χ0n) is 21.2. The number of benzene rings is 2. The Labute approximate surface area is 199 Å². The van der Waals surface area contributed by atoms with Crippen LogP contribution in [0, 0.1) is 19.3 Å². The first-order valence-electron chi connectivity index (χ1n) is 11.8. The molecule has 0 unspecified atom stereocenters. The van der Waals surface area contributed by atoms with E-state index in [1.807, 2.05) is 46.8 Å². The molecule has 0 saturated heterocycles. The highest BCUT2D eigenvalue weighted by Crippen LogP contribution is 2.25. The van der Waals surface area contributed by atoms with Crippen LogP contribution in [0.5, 0.6) is 11.5 Å². The van der Waals surface area contributed by atoms with Crippen molar-refractivity contribution in [2.24, 2.45) is 5.41 Å². The molecule has 182 valence electrons. The smallest absolute Gasteiger partial charge is 0.175 e. The molecule has 0 heterocycles. The van der Waals surface area contributed by atoms with Crippen LogP contribution in [-0.2, 0) is 4.79 Å². The lowest BCUT2D eigenvalue weighted by atomic mass is 9.91. The second-order valence-electron chi connectivity index (χ2n) is 9.86. The van der Waals surface area contributed by atoms with Crippen molar-refractivity contribution in [3.05, 3.63) is 47.5 Å². The van der Waals surface area contributed by atoms with Gasteiger partial charge in [0.25, 0.3) is 0 Å². The summed E-state index contributed by atoms with van der Waals surface area (Å²) in [4.78, 5) is 12.3. The zero-order valence-corrected chi connectivity index (χ0v) is 22.2. The van der Waals surface area contributed by atoms with Gasteiger partial charge in [0.1, 0.15) is 38.9 Å². The molecular weight excluding hydrogens is 432 g/mol. The van der Waals surface area contributed by atoms with Gasteiger partial charge in [0.2, 0.25) is 0 Å². The summed E-state index contributed by atoms with van der Waals surface area (Å²) in [6.45, 7) is 14.1. The Balaban J connectivity index is 2.32. The van der Waals surface area contributed by atoms with Crippen LogP contribution in [0.4, 0.5) is 0 Å². The van der Waals surface area contributed by atoms with E-state index in [-0.39, 0.29) is 25.6 Å². The molecular formula is C27H40O5Si. The SMILES string of the molecule is CC[Si](CC)(c1ccc(OCC(=O)C(C)(C)C)c(C)c1)c1ccc(OC[C@@H](O)CO)c(C)c1. The molecule has 0 aliphatic heterocycles. The van der Waals surface area contributed by atoms with Gasteiger partial charge in [-0.05, 0) is 37.1 Å². The molecule has 0 fully saturated rings. The molecule has 0 saturated carbocycles. The summed E-state index contributed by atoms with van der Waals surface area (Å²) in [5.74, 6) is 1.57. The molecule has 0 spiro atoms. The van der Waals surface area contributed by atoms with Crippen LogP contribution in [0.15, 0.2) is 36.4 Å². The number of Topliss-reactive ketones (excluding diaryl/α,β-unsaturated/α-hetero) is 1. The lowest BCUT2D eigenvalue weighted by molar-refractivity contribution is -0.128. The van der Waals surface area contributed by atoms with E-state index in [0.29, 0.717) is 0 Å². The Morgan fingerprint density at radius 3 is 1.82 bits per heavy atom.